The number of rotatable bonds is 6. The highest BCUT2D eigenvalue weighted by atomic mass is 16.3. The molecule has 5 heteroatoms. The number of furan rings is 1. The first kappa shape index (κ1) is 18.0. The summed E-state index contributed by atoms with van der Waals surface area (Å²) in [5.41, 5.74) is 1.74. The quantitative estimate of drug-likeness (QED) is 0.483. The van der Waals surface area contributed by atoms with Crippen molar-refractivity contribution in [2.75, 3.05) is 6.54 Å². The highest BCUT2D eigenvalue weighted by molar-refractivity contribution is 6.46. The Balaban J connectivity index is 2.09. The van der Waals surface area contributed by atoms with Crippen LogP contribution in [0, 0.1) is 0 Å². The van der Waals surface area contributed by atoms with Gasteiger partial charge in [-0.05, 0) is 30.5 Å². The van der Waals surface area contributed by atoms with Gasteiger partial charge >= 0.3 is 0 Å². The fraction of sp³-hybridized carbons (Fsp3) is 0.333. The Labute approximate surface area is 152 Å². The Morgan fingerprint density at radius 3 is 2.46 bits per heavy atom. The average Bonchev–Trinajstić information content (AvgIpc) is 3.27. The summed E-state index contributed by atoms with van der Waals surface area (Å²) in [7, 11) is 0. The fourth-order valence-electron chi connectivity index (χ4n) is 3.24. The number of benzene rings is 1. The second-order valence-corrected chi connectivity index (χ2v) is 6.41. The Bertz CT molecular complexity index is 818. The molecule has 3 rings (SSSR count). The summed E-state index contributed by atoms with van der Waals surface area (Å²) in [5, 5.41) is 10.8. The maximum absolute atomic E-state index is 12.7. The Hall–Kier alpha value is -2.82. The van der Waals surface area contributed by atoms with E-state index in [9.17, 15) is 14.7 Å². The molecule has 2 aromatic rings. The zero-order valence-corrected chi connectivity index (χ0v) is 15.1. The summed E-state index contributed by atoms with van der Waals surface area (Å²) in [6.45, 7) is 4.51. The van der Waals surface area contributed by atoms with Gasteiger partial charge in [0.05, 0.1) is 11.8 Å². The van der Waals surface area contributed by atoms with Crippen LogP contribution in [0.3, 0.4) is 0 Å². The summed E-state index contributed by atoms with van der Waals surface area (Å²) >= 11 is 0. The molecule has 1 N–H and O–H groups in total. The van der Waals surface area contributed by atoms with E-state index >= 15 is 0 Å². The van der Waals surface area contributed by atoms with Crippen molar-refractivity contribution in [3.8, 4) is 0 Å². The van der Waals surface area contributed by atoms with Crippen molar-refractivity contribution >= 4 is 17.4 Å². The van der Waals surface area contributed by atoms with Crippen LogP contribution in [-0.4, -0.2) is 28.2 Å². The Morgan fingerprint density at radius 2 is 1.88 bits per heavy atom. The molecule has 1 amide bonds. The van der Waals surface area contributed by atoms with Crippen molar-refractivity contribution in [3.63, 3.8) is 0 Å². The zero-order valence-electron chi connectivity index (χ0n) is 15.1. The van der Waals surface area contributed by atoms with E-state index in [2.05, 4.69) is 0 Å². The molecule has 1 fully saturated rings. The van der Waals surface area contributed by atoms with Crippen LogP contribution >= 0.6 is 0 Å². The molecule has 0 aliphatic carbocycles. The lowest BCUT2D eigenvalue weighted by molar-refractivity contribution is -0.140. The smallest absolute Gasteiger partial charge is 0.295 e. The average molecular weight is 353 g/mol. The van der Waals surface area contributed by atoms with Gasteiger partial charge in [-0.15, -0.1) is 0 Å². The molecule has 1 unspecified atom stereocenters. The van der Waals surface area contributed by atoms with Crippen molar-refractivity contribution in [3.05, 3.63) is 65.1 Å². The highest BCUT2D eigenvalue weighted by Gasteiger charge is 2.47. The Kier molecular flexibility index (Phi) is 5.26. The van der Waals surface area contributed by atoms with E-state index in [1.807, 2.05) is 26.0 Å². The number of aliphatic hydroxyl groups excluding tert-OH is 1. The molecule has 0 saturated carbocycles. The van der Waals surface area contributed by atoms with Gasteiger partial charge in [-0.1, -0.05) is 44.5 Å². The van der Waals surface area contributed by atoms with Crippen LogP contribution in [0.5, 0.6) is 0 Å². The minimum absolute atomic E-state index is 0.0882. The van der Waals surface area contributed by atoms with Crippen molar-refractivity contribution in [1.29, 1.82) is 0 Å². The van der Waals surface area contributed by atoms with Crippen molar-refractivity contribution in [1.82, 2.24) is 4.90 Å². The first-order valence-electron chi connectivity index (χ1n) is 8.99. The molecule has 1 aromatic carbocycles. The molecule has 1 atom stereocenters. The standard InChI is InChI=1S/C21H23NO4/c1-3-5-12-22-18(16-7-6-13-26-16)17(20(24)21(22)25)19(23)15-10-8-14(4-2)9-11-15/h6-11,13,18,23H,3-5,12H2,1-2H3/b19-17-. The van der Waals surface area contributed by atoms with Crippen LogP contribution in [0.2, 0.25) is 0 Å². The van der Waals surface area contributed by atoms with Crippen molar-refractivity contribution in [2.45, 2.75) is 39.2 Å². The van der Waals surface area contributed by atoms with Gasteiger partial charge in [0.25, 0.3) is 11.7 Å². The molecule has 1 aromatic heterocycles. The SMILES string of the molecule is CCCCN1C(=O)C(=O)/C(=C(\O)c2ccc(CC)cc2)C1c1ccco1. The summed E-state index contributed by atoms with van der Waals surface area (Å²) in [6.07, 6.45) is 4.06. The molecule has 136 valence electrons. The molecule has 1 aliphatic rings. The lowest BCUT2D eigenvalue weighted by Crippen LogP contribution is -2.30. The van der Waals surface area contributed by atoms with Gasteiger partial charge in [0.1, 0.15) is 17.6 Å². The molecule has 26 heavy (non-hydrogen) atoms. The number of aryl methyl sites for hydroxylation is 1. The van der Waals surface area contributed by atoms with Crippen LogP contribution in [0.15, 0.2) is 52.7 Å². The van der Waals surface area contributed by atoms with E-state index in [1.165, 1.54) is 11.2 Å². The van der Waals surface area contributed by atoms with Gasteiger partial charge in [0.15, 0.2) is 0 Å². The van der Waals surface area contributed by atoms with Gasteiger partial charge in [-0.3, -0.25) is 9.59 Å². The van der Waals surface area contributed by atoms with Crippen LogP contribution in [0.25, 0.3) is 5.76 Å². The maximum atomic E-state index is 12.7. The number of likely N-dealkylation sites (tertiary alicyclic amines) is 1. The van der Waals surface area contributed by atoms with E-state index in [-0.39, 0.29) is 11.3 Å². The highest BCUT2D eigenvalue weighted by Crippen LogP contribution is 2.39. The van der Waals surface area contributed by atoms with Gasteiger partial charge in [0.2, 0.25) is 0 Å². The predicted molar refractivity (Wildman–Crippen MR) is 98.4 cm³/mol. The van der Waals surface area contributed by atoms with Gasteiger partial charge in [-0.2, -0.15) is 0 Å². The fourth-order valence-corrected chi connectivity index (χ4v) is 3.24. The second kappa shape index (κ2) is 7.60. The van der Waals surface area contributed by atoms with Crippen molar-refractivity contribution < 1.29 is 19.1 Å². The van der Waals surface area contributed by atoms with Gasteiger partial charge in [0, 0.05) is 12.1 Å². The maximum Gasteiger partial charge on any atom is 0.295 e. The van der Waals surface area contributed by atoms with E-state index in [1.54, 1.807) is 24.3 Å². The minimum Gasteiger partial charge on any atom is -0.507 e. The minimum atomic E-state index is -0.692. The summed E-state index contributed by atoms with van der Waals surface area (Å²) < 4.78 is 5.49. The number of amides is 1. The molecule has 2 heterocycles. The van der Waals surface area contributed by atoms with Gasteiger partial charge in [-0.25, -0.2) is 0 Å². The van der Waals surface area contributed by atoms with E-state index in [0.717, 1.165) is 24.8 Å². The summed E-state index contributed by atoms with van der Waals surface area (Å²) in [4.78, 5) is 26.7. The molecular formula is C21H23NO4. The second-order valence-electron chi connectivity index (χ2n) is 6.41. The van der Waals surface area contributed by atoms with E-state index < -0.39 is 17.7 Å². The number of aliphatic hydroxyl groups is 1. The third kappa shape index (κ3) is 3.17. The number of hydrogen-bond donors (Lipinski definition) is 1. The number of hydrogen-bond acceptors (Lipinski definition) is 4. The number of unbranched alkanes of at least 4 members (excludes halogenated alkanes) is 1. The number of carbonyl (C=O) groups is 2. The first-order chi connectivity index (χ1) is 12.6. The number of carbonyl (C=O) groups excluding carboxylic acids is 2. The van der Waals surface area contributed by atoms with Gasteiger partial charge < -0.3 is 14.4 Å². The van der Waals surface area contributed by atoms with Crippen LogP contribution in [0.4, 0.5) is 0 Å². The Morgan fingerprint density at radius 1 is 1.15 bits per heavy atom. The summed E-state index contributed by atoms with van der Waals surface area (Å²) in [6, 6.07) is 10.1. The zero-order chi connectivity index (χ0) is 18.7. The molecule has 5 nitrogen and oxygen atoms in total. The number of Topliss-reactive ketones (excluding diaryl/α,β-unsaturated/α-hetero) is 1. The third-order valence-electron chi connectivity index (χ3n) is 4.74. The van der Waals surface area contributed by atoms with Crippen LogP contribution < -0.4 is 0 Å². The predicted octanol–water partition coefficient (Wildman–Crippen LogP) is 4.06. The lowest BCUT2D eigenvalue weighted by Gasteiger charge is -2.23. The molecule has 1 aliphatic heterocycles. The van der Waals surface area contributed by atoms with Crippen LogP contribution in [-0.2, 0) is 16.0 Å². The normalized spacial score (nSPS) is 19.3. The largest absolute Gasteiger partial charge is 0.507 e. The van der Waals surface area contributed by atoms with E-state index in [0.29, 0.717) is 17.9 Å². The topological polar surface area (TPSA) is 70.8 Å². The molecule has 0 spiro atoms. The van der Waals surface area contributed by atoms with E-state index in [4.69, 9.17) is 4.42 Å². The number of nitrogens with zero attached hydrogens (tertiary/aromatic N) is 1. The third-order valence-corrected chi connectivity index (χ3v) is 4.74. The number of ketones is 1. The molecule has 1 saturated heterocycles. The molecule has 0 bridgehead atoms. The lowest BCUT2D eigenvalue weighted by atomic mass is 9.98. The van der Waals surface area contributed by atoms with Crippen LogP contribution in [0.1, 0.15) is 49.6 Å². The molecule has 0 radical (unpaired) electrons. The monoisotopic (exact) mass is 353 g/mol. The first-order valence-corrected chi connectivity index (χ1v) is 8.99. The van der Waals surface area contributed by atoms with Crippen molar-refractivity contribution in [2.24, 2.45) is 0 Å². The molecular weight excluding hydrogens is 330 g/mol. The summed E-state index contributed by atoms with van der Waals surface area (Å²) in [5.74, 6) is -0.940.